The summed E-state index contributed by atoms with van der Waals surface area (Å²) in [7, 11) is 3.34. The molecule has 3 rings (SSSR count). The molecule has 1 atom stereocenters. The molecule has 0 spiro atoms. The minimum absolute atomic E-state index is 0.184. The van der Waals surface area contributed by atoms with Crippen molar-refractivity contribution in [1.82, 2.24) is 20.8 Å². The molecular formula is C25H35N7O3. The fourth-order valence-electron chi connectivity index (χ4n) is 3.22. The monoisotopic (exact) mass is 481 g/mol. The van der Waals surface area contributed by atoms with Gasteiger partial charge >= 0.3 is 0 Å². The summed E-state index contributed by atoms with van der Waals surface area (Å²) in [4.78, 5) is 14.2. The lowest BCUT2D eigenvalue weighted by molar-refractivity contribution is 0.108. The standard InChI is InChI=1S/C25H35N7O3/c1-27-16-20(33)17-35-21-9-7-8-18(14-21)23-31-24(28-12-5-3-4-6-13-29-34-2)22(15-26)25(32-23)30-19-10-11-19/h3-4,6-9,13-15,19-20,26-27,29,33H,5,10-12,16-17H2,1-2H3,(H2,28,30,31,32)/b4-3-,13-6-,26-15?. The third kappa shape index (κ3) is 8.67. The molecule has 0 amide bonds. The predicted octanol–water partition coefficient (Wildman–Crippen LogP) is 2.70. The molecule has 35 heavy (non-hydrogen) atoms. The Labute approximate surface area is 206 Å². The number of aromatic nitrogens is 2. The van der Waals surface area contributed by atoms with Gasteiger partial charge in [-0.2, -0.15) is 0 Å². The Kier molecular flexibility index (Phi) is 10.5. The molecule has 188 valence electrons. The van der Waals surface area contributed by atoms with Gasteiger partial charge in [-0.15, -0.1) is 0 Å². The zero-order valence-corrected chi connectivity index (χ0v) is 20.3. The topological polar surface area (TPSA) is 136 Å². The van der Waals surface area contributed by atoms with Gasteiger partial charge in [-0.25, -0.2) is 9.97 Å². The van der Waals surface area contributed by atoms with E-state index in [-0.39, 0.29) is 6.61 Å². The van der Waals surface area contributed by atoms with Crippen molar-refractivity contribution in [3.05, 3.63) is 54.3 Å². The molecule has 1 aliphatic rings. The van der Waals surface area contributed by atoms with E-state index in [4.69, 9.17) is 25.0 Å². The summed E-state index contributed by atoms with van der Waals surface area (Å²) in [6.07, 6.45) is 11.1. The number of aliphatic hydroxyl groups excluding tert-OH is 1. The van der Waals surface area contributed by atoms with Crippen LogP contribution < -0.4 is 26.2 Å². The van der Waals surface area contributed by atoms with Gasteiger partial charge in [0.15, 0.2) is 5.82 Å². The summed E-state index contributed by atoms with van der Waals surface area (Å²) in [5, 5.41) is 27.6. The molecule has 6 N–H and O–H groups in total. The highest BCUT2D eigenvalue weighted by atomic mass is 16.6. The number of hydrogen-bond acceptors (Lipinski definition) is 10. The lowest BCUT2D eigenvalue weighted by Crippen LogP contribution is -2.29. The second-order valence-electron chi connectivity index (χ2n) is 8.10. The van der Waals surface area contributed by atoms with Crippen LogP contribution >= 0.6 is 0 Å². The van der Waals surface area contributed by atoms with Crippen molar-refractivity contribution in [3.63, 3.8) is 0 Å². The fourth-order valence-corrected chi connectivity index (χ4v) is 3.22. The van der Waals surface area contributed by atoms with Gasteiger partial charge in [0.1, 0.15) is 30.1 Å². The molecule has 0 radical (unpaired) electrons. The van der Waals surface area contributed by atoms with E-state index in [1.165, 1.54) is 6.21 Å². The number of likely N-dealkylation sites (N-methyl/N-ethyl adjacent to an activating group) is 1. The van der Waals surface area contributed by atoms with Crippen LogP contribution in [0.4, 0.5) is 11.6 Å². The quantitative estimate of drug-likeness (QED) is 0.0925. The Bertz CT molecular complexity index is 1010. The first kappa shape index (κ1) is 26.1. The maximum atomic E-state index is 9.92. The van der Waals surface area contributed by atoms with E-state index < -0.39 is 6.10 Å². The average Bonchev–Trinajstić information content (AvgIpc) is 3.68. The number of nitrogens with one attached hydrogen (secondary N) is 5. The predicted molar refractivity (Wildman–Crippen MR) is 139 cm³/mol. The zero-order chi connectivity index (χ0) is 24.9. The van der Waals surface area contributed by atoms with Crippen LogP contribution in [0.5, 0.6) is 5.75 Å². The number of hydroxylamine groups is 1. The average molecular weight is 482 g/mol. The molecule has 1 saturated carbocycles. The maximum Gasteiger partial charge on any atom is 0.164 e. The number of anilines is 2. The Morgan fingerprint density at radius 2 is 2.06 bits per heavy atom. The summed E-state index contributed by atoms with van der Waals surface area (Å²) >= 11 is 0. The second kappa shape index (κ2) is 14.1. The highest BCUT2D eigenvalue weighted by Crippen LogP contribution is 2.30. The van der Waals surface area contributed by atoms with E-state index in [2.05, 4.69) is 21.4 Å². The molecule has 1 aromatic carbocycles. The summed E-state index contributed by atoms with van der Waals surface area (Å²) in [5.41, 5.74) is 4.06. The molecule has 1 heterocycles. The van der Waals surface area contributed by atoms with Crippen LogP contribution in [0.2, 0.25) is 0 Å². The van der Waals surface area contributed by atoms with E-state index in [0.717, 1.165) is 24.8 Å². The van der Waals surface area contributed by atoms with Gasteiger partial charge in [0.25, 0.3) is 0 Å². The molecule has 0 aliphatic heterocycles. The Balaban J connectivity index is 1.77. The van der Waals surface area contributed by atoms with Gasteiger partial charge in [-0.1, -0.05) is 24.3 Å². The van der Waals surface area contributed by atoms with Crippen molar-refractivity contribution < 1.29 is 14.7 Å². The number of aliphatic hydroxyl groups is 1. The van der Waals surface area contributed by atoms with Crippen molar-refractivity contribution >= 4 is 17.9 Å². The molecule has 10 heteroatoms. The van der Waals surface area contributed by atoms with Crippen molar-refractivity contribution in [1.29, 1.82) is 5.41 Å². The molecule has 1 aromatic heterocycles. The lowest BCUT2D eigenvalue weighted by Gasteiger charge is -2.16. The van der Waals surface area contributed by atoms with Gasteiger partial charge in [0, 0.05) is 37.1 Å². The highest BCUT2D eigenvalue weighted by molar-refractivity contribution is 5.91. The van der Waals surface area contributed by atoms with E-state index in [9.17, 15) is 5.11 Å². The largest absolute Gasteiger partial charge is 0.491 e. The number of ether oxygens (including phenoxy) is 1. The van der Waals surface area contributed by atoms with Crippen LogP contribution in [0.1, 0.15) is 24.8 Å². The Morgan fingerprint density at radius 1 is 1.23 bits per heavy atom. The maximum absolute atomic E-state index is 9.92. The van der Waals surface area contributed by atoms with Gasteiger partial charge in [0.05, 0.1) is 12.7 Å². The van der Waals surface area contributed by atoms with Gasteiger partial charge in [0.2, 0.25) is 0 Å². The van der Waals surface area contributed by atoms with Crippen molar-refractivity contribution in [3.8, 4) is 17.1 Å². The molecule has 1 aliphatic carbocycles. The van der Waals surface area contributed by atoms with Crippen LogP contribution in [-0.2, 0) is 4.84 Å². The smallest absolute Gasteiger partial charge is 0.164 e. The first-order valence-corrected chi connectivity index (χ1v) is 11.7. The van der Waals surface area contributed by atoms with Crippen LogP contribution in [0.3, 0.4) is 0 Å². The lowest BCUT2D eigenvalue weighted by atomic mass is 10.2. The van der Waals surface area contributed by atoms with Crippen molar-refractivity contribution in [2.24, 2.45) is 0 Å². The van der Waals surface area contributed by atoms with E-state index >= 15 is 0 Å². The van der Waals surface area contributed by atoms with Crippen LogP contribution in [0.15, 0.2) is 48.7 Å². The third-order valence-corrected chi connectivity index (χ3v) is 5.12. The van der Waals surface area contributed by atoms with E-state index in [1.54, 1.807) is 20.4 Å². The molecule has 10 nitrogen and oxygen atoms in total. The Morgan fingerprint density at radius 3 is 2.80 bits per heavy atom. The summed E-state index contributed by atoms with van der Waals surface area (Å²) < 4.78 is 5.75. The fraction of sp³-hybridized carbons (Fsp3) is 0.400. The zero-order valence-electron chi connectivity index (χ0n) is 20.3. The first-order valence-electron chi connectivity index (χ1n) is 11.7. The Hall–Kier alpha value is -3.47. The number of rotatable bonds is 16. The highest BCUT2D eigenvalue weighted by Gasteiger charge is 2.24. The molecular weight excluding hydrogens is 446 g/mol. The summed E-state index contributed by atoms with van der Waals surface area (Å²) in [6, 6.07) is 7.88. The minimum atomic E-state index is -0.599. The van der Waals surface area contributed by atoms with Crippen LogP contribution in [0, 0.1) is 5.41 Å². The van der Waals surface area contributed by atoms with Crippen molar-refractivity contribution in [2.75, 3.05) is 44.5 Å². The molecule has 2 aromatic rings. The van der Waals surface area contributed by atoms with E-state index in [0.29, 0.717) is 47.9 Å². The number of allylic oxidation sites excluding steroid dienone is 2. The molecule has 0 saturated heterocycles. The summed E-state index contributed by atoms with van der Waals surface area (Å²) in [5.74, 6) is 2.42. The SMILES string of the molecule is CNCC(O)COc1cccc(-c2nc(NCC/C=C\C=C/NOC)c(C=N)c(NC3CC3)n2)c1. The van der Waals surface area contributed by atoms with Gasteiger partial charge < -0.3 is 31.2 Å². The number of nitrogens with zero attached hydrogens (tertiary/aromatic N) is 2. The molecule has 0 bridgehead atoms. The van der Waals surface area contributed by atoms with E-state index in [1.807, 2.05) is 42.5 Å². The normalized spacial score (nSPS) is 14.3. The third-order valence-electron chi connectivity index (χ3n) is 5.12. The molecule has 1 fully saturated rings. The number of benzene rings is 1. The van der Waals surface area contributed by atoms with Crippen LogP contribution in [0.25, 0.3) is 11.4 Å². The van der Waals surface area contributed by atoms with Crippen LogP contribution in [-0.4, -0.2) is 67.3 Å². The second-order valence-corrected chi connectivity index (χ2v) is 8.10. The first-order chi connectivity index (χ1) is 17.1. The number of hydrogen-bond donors (Lipinski definition) is 6. The van der Waals surface area contributed by atoms with Gasteiger partial charge in [-0.05, 0) is 44.5 Å². The van der Waals surface area contributed by atoms with Gasteiger partial charge in [-0.3, -0.25) is 10.3 Å². The van der Waals surface area contributed by atoms with Crippen molar-refractivity contribution in [2.45, 2.75) is 31.4 Å². The molecule has 1 unspecified atom stereocenters. The summed E-state index contributed by atoms with van der Waals surface area (Å²) in [6.45, 7) is 1.28. The minimum Gasteiger partial charge on any atom is -0.491 e.